The number of rotatable bonds is 3. The largest absolute Gasteiger partial charge is 0.480 e. The van der Waals surface area contributed by atoms with Gasteiger partial charge in [0.05, 0.1) is 4.90 Å². The Labute approximate surface area is 123 Å². The maximum absolute atomic E-state index is 12.7. The Morgan fingerprint density at radius 3 is 2.70 bits per heavy atom. The highest BCUT2D eigenvalue weighted by Crippen LogP contribution is 2.36. The normalized spacial score (nSPS) is 23.9. The summed E-state index contributed by atoms with van der Waals surface area (Å²) in [6.45, 7) is 3.26. The van der Waals surface area contributed by atoms with Gasteiger partial charge >= 0.3 is 5.97 Å². The summed E-state index contributed by atoms with van der Waals surface area (Å²) < 4.78 is 26.5. The molecule has 1 aliphatic rings. The van der Waals surface area contributed by atoms with E-state index in [1.807, 2.05) is 0 Å². The predicted molar refractivity (Wildman–Crippen MR) is 75.4 cm³/mol. The second-order valence-electron chi connectivity index (χ2n) is 5.12. The zero-order valence-corrected chi connectivity index (χ0v) is 12.8. The summed E-state index contributed by atoms with van der Waals surface area (Å²) >= 11 is 5.96. The summed E-state index contributed by atoms with van der Waals surface area (Å²) in [5.41, 5.74) is -0.957. The van der Waals surface area contributed by atoms with Gasteiger partial charge in [-0.1, -0.05) is 17.7 Å². The standard InChI is InChI=1S/C13H16ClNO4S/c1-9-10(14)5-3-6-11(9)20(18,19)15-8-4-7-13(15,2)12(16)17/h3,5-6H,4,7-8H2,1-2H3,(H,16,17). The van der Waals surface area contributed by atoms with Crippen LogP contribution in [-0.2, 0) is 14.8 Å². The molecule has 7 heteroatoms. The van der Waals surface area contributed by atoms with Gasteiger partial charge in [-0.3, -0.25) is 4.79 Å². The van der Waals surface area contributed by atoms with Gasteiger partial charge in [-0.15, -0.1) is 0 Å². The third-order valence-electron chi connectivity index (χ3n) is 3.82. The average Bonchev–Trinajstić information content (AvgIpc) is 2.77. The van der Waals surface area contributed by atoms with E-state index in [-0.39, 0.29) is 11.4 Å². The van der Waals surface area contributed by atoms with E-state index in [1.54, 1.807) is 19.1 Å². The van der Waals surface area contributed by atoms with Crippen molar-refractivity contribution >= 4 is 27.6 Å². The first-order valence-electron chi connectivity index (χ1n) is 6.22. The van der Waals surface area contributed by atoms with Crippen LogP contribution in [-0.4, -0.2) is 35.9 Å². The Balaban J connectivity index is 2.56. The van der Waals surface area contributed by atoms with Crippen LogP contribution in [0.2, 0.25) is 5.02 Å². The summed E-state index contributed by atoms with van der Waals surface area (Å²) in [5.74, 6) is -1.13. The summed E-state index contributed by atoms with van der Waals surface area (Å²) in [6.07, 6.45) is 0.836. The van der Waals surface area contributed by atoms with Crippen molar-refractivity contribution in [2.24, 2.45) is 0 Å². The van der Waals surface area contributed by atoms with Crippen molar-refractivity contribution in [1.29, 1.82) is 0 Å². The van der Waals surface area contributed by atoms with Crippen molar-refractivity contribution in [3.05, 3.63) is 28.8 Å². The molecule has 1 atom stereocenters. The summed E-state index contributed by atoms with van der Waals surface area (Å²) in [5, 5.41) is 9.69. The van der Waals surface area contributed by atoms with Crippen LogP contribution in [0.3, 0.4) is 0 Å². The molecule has 2 rings (SSSR count). The van der Waals surface area contributed by atoms with Crippen molar-refractivity contribution in [3.8, 4) is 0 Å². The molecule has 1 aliphatic heterocycles. The molecule has 20 heavy (non-hydrogen) atoms. The Bertz CT molecular complexity index is 658. The number of aliphatic carboxylic acids is 1. The molecule has 1 fully saturated rings. The highest BCUT2D eigenvalue weighted by Gasteiger charge is 2.50. The lowest BCUT2D eigenvalue weighted by Crippen LogP contribution is -2.50. The number of carboxylic acid groups (broad SMARTS) is 1. The number of halogens is 1. The van der Waals surface area contributed by atoms with E-state index in [4.69, 9.17) is 11.6 Å². The van der Waals surface area contributed by atoms with Gasteiger partial charge in [0.1, 0.15) is 5.54 Å². The minimum atomic E-state index is -3.88. The number of nitrogens with zero attached hydrogens (tertiary/aromatic N) is 1. The highest BCUT2D eigenvalue weighted by molar-refractivity contribution is 7.89. The van der Waals surface area contributed by atoms with E-state index in [2.05, 4.69) is 0 Å². The number of carbonyl (C=O) groups is 1. The zero-order chi connectivity index (χ0) is 15.1. The lowest BCUT2D eigenvalue weighted by molar-refractivity contribution is -0.146. The zero-order valence-electron chi connectivity index (χ0n) is 11.3. The first-order valence-corrected chi connectivity index (χ1v) is 8.04. The molecule has 1 unspecified atom stereocenters. The molecule has 0 aromatic heterocycles. The monoisotopic (exact) mass is 317 g/mol. The van der Waals surface area contributed by atoms with Crippen LogP contribution in [0.5, 0.6) is 0 Å². The summed E-state index contributed by atoms with van der Waals surface area (Å²) in [6, 6.07) is 4.61. The topological polar surface area (TPSA) is 74.7 Å². The van der Waals surface area contributed by atoms with Gasteiger partial charge in [-0.05, 0) is 44.4 Å². The van der Waals surface area contributed by atoms with Crippen LogP contribution in [0.15, 0.2) is 23.1 Å². The fourth-order valence-electron chi connectivity index (χ4n) is 2.52. The van der Waals surface area contributed by atoms with Crippen LogP contribution >= 0.6 is 11.6 Å². The minimum absolute atomic E-state index is 0.0689. The Morgan fingerprint density at radius 2 is 2.10 bits per heavy atom. The first-order chi connectivity index (χ1) is 9.21. The van der Waals surface area contributed by atoms with Crippen LogP contribution in [0, 0.1) is 6.92 Å². The first kappa shape index (κ1) is 15.3. The van der Waals surface area contributed by atoms with Crippen molar-refractivity contribution in [3.63, 3.8) is 0 Å². The van der Waals surface area contributed by atoms with E-state index in [0.29, 0.717) is 23.4 Å². The van der Waals surface area contributed by atoms with E-state index in [0.717, 1.165) is 4.31 Å². The smallest absolute Gasteiger partial charge is 0.324 e. The van der Waals surface area contributed by atoms with Gasteiger partial charge in [-0.25, -0.2) is 8.42 Å². The maximum Gasteiger partial charge on any atom is 0.324 e. The highest BCUT2D eigenvalue weighted by atomic mass is 35.5. The number of sulfonamides is 1. The minimum Gasteiger partial charge on any atom is -0.480 e. The molecular formula is C13H16ClNO4S. The van der Waals surface area contributed by atoms with Gasteiger partial charge in [0.15, 0.2) is 0 Å². The Kier molecular flexibility index (Phi) is 3.83. The summed E-state index contributed by atoms with van der Waals surface area (Å²) in [4.78, 5) is 11.5. The number of hydrogen-bond acceptors (Lipinski definition) is 3. The van der Waals surface area contributed by atoms with Crippen molar-refractivity contribution in [1.82, 2.24) is 4.31 Å². The van der Waals surface area contributed by atoms with Crippen molar-refractivity contribution < 1.29 is 18.3 Å². The third-order valence-corrected chi connectivity index (χ3v) is 6.40. The lowest BCUT2D eigenvalue weighted by Gasteiger charge is -2.30. The lowest BCUT2D eigenvalue weighted by atomic mass is 10.0. The van der Waals surface area contributed by atoms with Crippen molar-refractivity contribution in [2.45, 2.75) is 37.1 Å². The van der Waals surface area contributed by atoms with E-state index < -0.39 is 21.5 Å². The Hall–Kier alpha value is -1.11. The van der Waals surface area contributed by atoms with E-state index in [1.165, 1.54) is 13.0 Å². The molecule has 0 bridgehead atoms. The fourth-order valence-corrected chi connectivity index (χ4v) is 4.81. The number of carboxylic acids is 1. The predicted octanol–water partition coefficient (Wildman–Crippen LogP) is 2.28. The molecule has 1 N–H and O–H groups in total. The number of benzene rings is 1. The summed E-state index contributed by atoms with van der Waals surface area (Å²) in [7, 11) is -3.88. The fraction of sp³-hybridized carbons (Fsp3) is 0.462. The third kappa shape index (κ3) is 2.21. The average molecular weight is 318 g/mol. The molecule has 0 spiro atoms. The van der Waals surface area contributed by atoms with Crippen LogP contribution in [0.4, 0.5) is 0 Å². The molecule has 1 aromatic carbocycles. The number of hydrogen-bond donors (Lipinski definition) is 1. The van der Waals surface area contributed by atoms with Gasteiger partial charge in [0.2, 0.25) is 10.0 Å². The van der Waals surface area contributed by atoms with E-state index >= 15 is 0 Å². The van der Waals surface area contributed by atoms with Gasteiger partial charge in [-0.2, -0.15) is 4.31 Å². The Morgan fingerprint density at radius 1 is 1.45 bits per heavy atom. The quantitative estimate of drug-likeness (QED) is 0.928. The van der Waals surface area contributed by atoms with Crippen LogP contribution in [0.25, 0.3) is 0 Å². The molecule has 0 radical (unpaired) electrons. The molecule has 1 heterocycles. The molecule has 0 amide bonds. The maximum atomic E-state index is 12.7. The molecule has 1 aromatic rings. The molecule has 110 valence electrons. The molecule has 0 aliphatic carbocycles. The van der Waals surface area contributed by atoms with Gasteiger partial charge in [0.25, 0.3) is 0 Å². The second-order valence-corrected chi connectivity index (χ2v) is 7.36. The van der Waals surface area contributed by atoms with Gasteiger partial charge < -0.3 is 5.11 Å². The molecule has 0 saturated carbocycles. The molecular weight excluding hydrogens is 302 g/mol. The van der Waals surface area contributed by atoms with Crippen molar-refractivity contribution in [2.75, 3.05) is 6.54 Å². The van der Waals surface area contributed by atoms with Crippen LogP contribution < -0.4 is 0 Å². The second kappa shape index (κ2) is 5.02. The SMILES string of the molecule is Cc1c(Cl)cccc1S(=O)(=O)N1CCCC1(C)C(=O)O. The van der Waals surface area contributed by atoms with Crippen LogP contribution in [0.1, 0.15) is 25.3 Å². The molecule has 1 saturated heterocycles. The van der Waals surface area contributed by atoms with E-state index in [9.17, 15) is 18.3 Å². The van der Waals surface area contributed by atoms with Gasteiger partial charge in [0, 0.05) is 11.6 Å². The molecule has 5 nitrogen and oxygen atoms in total.